The smallest absolute Gasteiger partial charge is 0.330 e. The highest BCUT2D eigenvalue weighted by Crippen LogP contribution is 2.57. The van der Waals surface area contributed by atoms with Gasteiger partial charge in [-0.3, -0.25) is 23.9 Å². The number of benzene rings is 2. The van der Waals surface area contributed by atoms with E-state index in [0.29, 0.717) is 22.2 Å². The Hall–Kier alpha value is -4.09. The van der Waals surface area contributed by atoms with Crippen molar-refractivity contribution in [1.82, 2.24) is 14.6 Å². The largest absolute Gasteiger partial charge is 0.454 e. The number of anilines is 1. The van der Waals surface area contributed by atoms with Gasteiger partial charge in [0.1, 0.15) is 12.1 Å². The van der Waals surface area contributed by atoms with E-state index in [1.54, 1.807) is 55.5 Å². The molecule has 39 heavy (non-hydrogen) atoms. The summed E-state index contributed by atoms with van der Waals surface area (Å²) in [6.07, 6.45) is -1.98. The number of para-hydroxylation sites is 2. The van der Waals surface area contributed by atoms with Gasteiger partial charge in [-0.25, -0.2) is 9.78 Å². The Labute approximate surface area is 223 Å². The maximum Gasteiger partial charge on any atom is 0.330 e. The minimum absolute atomic E-state index is 0.0567. The monoisotopic (exact) mass is 532 g/mol. The van der Waals surface area contributed by atoms with Gasteiger partial charge in [0, 0.05) is 18.9 Å². The van der Waals surface area contributed by atoms with Gasteiger partial charge in [-0.1, -0.05) is 44.2 Å². The fourth-order valence-corrected chi connectivity index (χ4v) is 6.13. The summed E-state index contributed by atoms with van der Waals surface area (Å²) in [5.41, 5.74) is -0.415. The second-order valence-electron chi connectivity index (χ2n) is 10.6. The molecular formula is C28H28N4O7. The predicted molar refractivity (Wildman–Crippen MR) is 138 cm³/mol. The van der Waals surface area contributed by atoms with Crippen LogP contribution in [-0.2, 0) is 29.5 Å². The van der Waals surface area contributed by atoms with Gasteiger partial charge < -0.3 is 14.7 Å². The van der Waals surface area contributed by atoms with Gasteiger partial charge in [-0.15, -0.1) is 0 Å². The van der Waals surface area contributed by atoms with Gasteiger partial charge in [0.15, 0.2) is 23.7 Å². The van der Waals surface area contributed by atoms with Crippen LogP contribution in [0.1, 0.15) is 57.6 Å². The number of carbonyl (C=O) groups excluding carboxylic acids is 3. The Kier molecular flexibility index (Phi) is 5.63. The van der Waals surface area contributed by atoms with E-state index in [4.69, 9.17) is 14.5 Å². The van der Waals surface area contributed by atoms with Crippen LogP contribution in [0, 0.1) is 5.92 Å². The first-order valence-electron chi connectivity index (χ1n) is 12.9. The van der Waals surface area contributed by atoms with E-state index in [2.05, 4.69) is 0 Å². The molecule has 11 heteroatoms. The fraction of sp³-hybridized carbons (Fsp3) is 0.393. The number of esters is 2. The van der Waals surface area contributed by atoms with Crippen molar-refractivity contribution in [3.63, 3.8) is 0 Å². The molecule has 1 amide bonds. The van der Waals surface area contributed by atoms with Crippen LogP contribution in [0.25, 0.3) is 10.9 Å². The summed E-state index contributed by atoms with van der Waals surface area (Å²) < 4.78 is 13.0. The molecule has 0 aliphatic carbocycles. The van der Waals surface area contributed by atoms with Crippen molar-refractivity contribution in [2.45, 2.75) is 64.1 Å². The Morgan fingerprint density at radius 2 is 1.82 bits per heavy atom. The molecular weight excluding hydrogens is 504 g/mol. The van der Waals surface area contributed by atoms with Crippen LogP contribution < -0.4 is 10.5 Å². The summed E-state index contributed by atoms with van der Waals surface area (Å²) in [5, 5.41) is 12.2. The molecule has 11 nitrogen and oxygen atoms in total. The quantitative estimate of drug-likeness (QED) is 0.504. The number of rotatable bonds is 4. The minimum Gasteiger partial charge on any atom is -0.454 e. The third-order valence-electron chi connectivity index (χ3n) is 7.87. The third kappa shape index (κ3) is 3.46. The highest BCUT2D eigenvalue weighted by molar-refractivity contribution is 6.02. The molecule has 0 saturated carbocycles. The minimum atomic E-state index is -1.44. The zero-order valence-electron chi connectivity index (χ0n) is 21.9. The second kappa shape index (κ2) is 8.72. The van der Waals surface area contributed by atoms with Crippen LogP contribution in [-0.4, -0.2) is 49.9 Å². The lowest BCUT2D eigenvalue weighted by atomic mass is 9.88. The van der Waals surface area contributed by atoms with Gasteiger partial charge in [-0.2, -0.15) is 5.06 Å². The first-order valence-corrected chi connectivity index (χ1v) is 12.9. The summed E-state index contributed by atoms with van der Waals surface area (Å²) in [6, 6.07) is 11.8. The Balaban J connectivity index is 1.56. The van der Waals surface area contributed by atoms with Gasteiger partial charge in [-0.05, 0) is 31.0 Å². The first kappa shape index (κ1) is 25.2. The molecule has 4 heterocycles. The molecule has 1 spiro atoms. The Morgan fingerprint density at radius 3 is 2.54 bits per heavy atom. The van der Waals surface area contributed by atoms with Crippen LogP contribution in [0.2, 0.25) is 0 Å². The average Bonchev–Trinajstić information content (AvgIpc) is 3.47. The molecule has 2 aromatic carbocycles. The predicted octanol–water partition coefficient (Wildman–Crippen LogP) is 2.81. The normalized spacial score (nSPS) is 26.8. The van der Waals surface area contributed by atoms with Gasteiger partial charge in [0.2, 0.25) is 5.91 Å². The number of hydroxylamine groups is 2. The third-order valence-corrected chi connectivity index (χ3v) is 7.87. The van der Waals surface area contributed by atoms with E-state index in [1.807, 2.05) is 13.8 Å². The zero-order valence-corrected chi connectivity index (χ0v) is 21.9. The van der Waals surface area contributed by atoms with Crippen LogP contribution in [0.3, 0.4) is 0 Å². The van der Waals surface area contributed by atoms with Crippen molar-refractivity contribution in [1.29, 1.82) is 0 Å². The summed E-state index contributed by atoms with van der Waals surface area (Å²) in [5.74, 6) is -1.74. The van der Waals surface area contributed by atoms with E-state index in [1.165, 1.54) is 16.4 Å². The maximum atomic E-state index is 14.0. The van der Waals surface area contributed by atoms with Gasteiger partial charge in [0.05, 0.1) is 16.6 Å². The van der Waals surface area contributed by atoms with Crippen LogP contribution in [0.5, 0.6) is 0 Å². The molecule has 2 fully saturated rings. The zero-order chi connectivity index (χ0) is 27.8. The first-order chi connectivity index (χ1) is 18.6. The molecule has 0 bridgehead atoms. The number of hydrogen-bond acceptors (Lipinski definition) is 9. The number of nitrogens with zero attached hydrogens (tertiary/aromatic N) is 4. The Morgan fingerprint density at radius 1 is 1.13 bits per heavy atom. The summed E-state index contributed by atoms with van der Waals surface area (Å²) in [4.78, 5) is 59.1. The van der Waals surface area contributed by atoms with Gasteiger partial charge >= 0.3 is 11.9 Å². The summed E-state index contributed by atoms with van der Waals surface area (Å²) in [7, 11) is 0. The molecule has 1 N–H and O–H groups in total. The summed E-state index contributed by atoms with van der Waals surface area (Å²) in [6.45, 7) is 6.51. The molecule has 3 aliphatic heterocycles. The van der Waals surface area contributed by atoms with Crippen molar-refractivity contribution in [2.75, 3.05) is 4.90 Å². The van der Waals surface area contributed by atoms with Crippen molar-refractivity contribution in [3.8, 4) is 0 Å². The highest BCUT2D eigenvalue weighted by atomic mass is 16.6. The molecule has 5 atom stereocenters. The number of ether oxygens (including phenoxy) is 2. The van der Waals surface area contributed by atoms with Gasteiger partial charge in [0.25, 0.3) is 5.56 Å². The topological polar surface area (TPSA) is 131 Å². The number of carbonyl (C=O) groups is 3. The maximum absolute atomic E-state index is 14.0. The lowest BCUT2D eigenvalue weighted by Crippen LogP contribution is -2.50. The number of fused-ring (bicyclic) bond motifs is 6. The average molecular weight is 533 g/mol. The van der Waals surface area contributed by atoms with E-state index in [9.17, 15) is 24.4 Å². The molecule has 202 valence electrons. The molecule has 0 unspecified atom stereocenters. The SMILES string of the molecule is CC(=O)O[C@@H](c1nc2ccccc2c(=O)n1[C@H]1C[C@@]2(OC1=O)c1ccccc1N1C(=O)[C@@H](C)N(O)[C@@H]12)C(C)C. The highest BCUT2D eigenvalue weighted by Gasteiger charge is 2.67. The van der Waals surface area contributed by atoms with E-state index in [-0.39, 0.29) is 24.1 Å². The van der Waals surface area contributed by atoms with E-state index in [0.717, 1.165) is 5.06 Å². The molecule has 3 aliphatic rings. The van der Waals surface area contributed by atoms with E-state index >= 15 is 0 Å². The molecule has 2 saturated heterocycles. The number of amides is 1. The number of hydrogen-bond donors (Lipinski definition) is 1. The Bertz CT molecular complexity index is 1600. The standard InChI is InChI=1S/C28H28N4O7/c1-14(2)22(38-16(4)33)23-29-19-11-7-5-9-17(19)25(35)30(23)21-13-28(39-26(21)36)18-10-6-8-12-20(18)31-24(34)15(3)32(37)27(28)31/h5-12,14-15,21-22,27,37H,13H2,1-4H3/t15-,21+,22-,27-,28-/m1/s1. The van der Waals surface area contributed by atoms with Crippen molar-refractivity contribution >= 4 is 34.4 Å². The molecule has 3 aromatic rings. The summed E-state index contributed by atoms with van der Waals surface area (Å²) >= 11 is 0. The van der Waals surface area contributed by atoms with Crippen LogP contribution in [0.4, 0.5) is 5.69 Å². The molecule has 1 aromatic heterocycles. The van der Waals surface area contributed by atoms with Crippen molar-refractivity contribution in [2.24, 2.45) is 5.92 Å². The van der Waals surface area contributed by atoms with E-state index < -0.39 is 47.5 Å². The second-order valence-corrected chi connectivity index (χ2v) is 10.6. The molecule has 0 radical (unpaired) electrons. The lowest BCUT2D eigenvalue weighted by molar-refractivity contribution is -0.190. The fourth-order valence-electron chi connectivity index (χ4n) is 6.13. The number of aromatic nitrogens is 2. The van der Waals surface area contributed by atoms with Crippen LogP contribution >= 0.6 is 0 Å². The van der Waals surface area contributed by atoms with Crippen LogP contribution in [0.15, 0.2) is 53.3 Å². The lowest BCUT2D eigenvalue weighted by Gasteiger charge is -2.33. The van der Waals surface area contributed by atoms with Crippen molar-refractivity contribution in [3.05, 3.63) is 70.3 Å². The van der Waals surface area contributed by atoms with Crippen molar-refractivity contribution < 1.29 is 29.1 Å². The molecule has 6 rings (SSSR count).